The number of amides is 1. The quantitative estimate of drug-likeness (QED) is 0.528. The molecule has 2 saturated heterocycles. The van der Waals surface area contributed by atoms with Crippen molar-refractivity contribution < 1.29 is 13.9 Å². The molecule has 3 aromatic heterocycles. The summed E-state index contributed by atoms with van der Waals surface area (Å²) in [5.41, 5.74) is 1.70. The number of ether oxygens (including phenoxy) is 1. The highest BCUT2D eigenvalue weighted by Crippen LogP contribution is 2.27. The molecule has 0 aliphatic carbocycles. The third-order valence-corrected chi connectivity index (χ3v) is 6.96. The van der Waals surface area contributed by atoms with Crippen LogP contribution in [0.25, 0.3) is 17.2 Å². The molecule has 0 saturated carbocycles. The summed E-state index contributed by atoms with van der Waals surface area (Å²) < 4.78 is 21.4. The van der Waals surface area contributed by atoms with Crippen LogP contribution in [0.3, 0.4) is 0 Å². The van der Waals surface area contributed by atoms with Gasteiger partial charge in [-0.2, -0.15) is 0 Å². The minimum absolute atomic E-state index is 0.258. The van der Waals surface area contributed by atoms with E-state index in [1.165, 1.54) is 12.3 Å². The smallest absolute Gasteiger partial charge is 0.410 e. The second-order valence-corrected chi connectivity index (χ2v) is 11.2. The number of likely N-dealkylation sites (tertiary alicyclic amines) is 1. The minimum Gasteiger partial charge on any atom is -0.444 e. The number of aromatic nitrogens is 4. The van der Waals surface area contributed by atoms with E-state index in [9.17, 15) is 9.18 Å². The van der Waals surface area contributed by atoms with E-state index in [4.69, 9.17) is 14.7 Å². The predicted molar refractivity (Wildman–Crippen MR) is 140 cm³/mol. The Morgan fingerprint density at radius 2 is 1.92 bits per heavy atom. The van der Waals surface area contributed by atoms with Crippen LogP contribution in [-0.2, 0) is 11.2 Å². The summed E-state index contributed by atoms with van der Waals surface area (Å²) in [5.74, 6) is 1.33. The first kappa shape index (κ1) is 25.4. The van der Waals surface area contributed by atoms with Crippen LogP contribution in [0.5, 0.6) is 0 Å². The lowest BCUT2D eigenvalue weighted by atomic mass is 9.93. The largest absolute Gasteiger partial charge is 0.444 e. The van der Waals surface area contributed by atoms with E-state index in [0.29, 0.717) is 30.3 Å². The Bertz CT molecular complexity index is 1260. The Kier molecular flexibility index (Phi) is 7.02. The van der Waals surface area contributed by atoms with Gasteiger partial charge in [-0.15, -0.1) is 0 Å². The third-order valence-electron chi connectivity index (χ3n) is 6.96. The van der Waals surface area contributed by atoms with Gasteiger partial charge in [-0.3, -0.25) is 4.40 Å². The molecule has 10 heteroatoms. The molecule has 5 rings (SSSR count). The summed E-state index contributed by atoms with van der Waals surface area (Å²) in [5, 5.41) is 0. The molecule has 198 valence electrons. The van der Waals surface area contributed by atoms with E-state index in [-0.39, 0.29) is 17.8 Å². The normalized spacial score (nSPS) is 19.4. The topological polar surface area (TPSA) is 79.1 Å². The first-order valence-corrected chi connectivity index (χ1v) is 13.1. The predicted octanol–water partition coefficient (Wildman–Crippen LogP) is 3.87. The average molecular weight is 510 g/mol. The van der Waals surface area contributed by atoms with Crippen molar-refractivity contribution in [3.63, 3.8) is 0 Å². The summed E-state index contributed by atoms with van der Waals surface area (Å²) in [7, 11) is 2.13. The number of anilines is 1. The van der Waals surface area contributed by atoms with Crippen LogP contribution < -0.4 is 4.90 Å². The van der Waals surface area contributed by atoms with Gasteiger partial charge in [0.1, 0.15) is 28.6 Å². The molecule has 3 aromatic rings. The van der Waals surface area contributed by atoms with E-state index in [2.05, 4.69) is 27.9 Å². The summed E-state index contributed by atoms with van der Waals surface area (Å²) in [6.07, 6.45) is 5.53. The van der Waals surface area contributed by atoms with E-state index in [0.717, 1.165) is 57.0 Å². The lowest BCUT2D eigenvalue weighted by Gasteiger charge is -2.35. The van der Waals surface area contributed by atoms with Gasteiger partial charge in [-0.1, -0.05) is 0 Å². The van der Waals surface area contributed by atoms with Crippen molar-refractivity contribution in [1.29, 1.82) is 0 Å². The third kappa shape index (κ3) is 6.01. The van der Waals surface area contributed by atoms with Crippen molar-refractivity contribution in [3.8, 4) is 11.5 Å². The fourth-order valence-electron chi connectivity index (χ4n) is 5.04. The highest BCUT2D eigenvalue weighted by molar-refractivity contribution is 5.68. The lowest BCUT2D eigenvalue weighted by Crippen LogP contribution is -2.45. The molecule has 0 N–H and O–H groups in total. The molecule has 0 spiro atoms. The molecule has 1 amide bonds. The van der Waals surface area contributed by atoms with Gasteiger partial charge in [0.05, 0.1) is 6.20 Å². The van der Waals surface area contributed by atoms with Crippen molar-refractivity contribution in [2.75, 3.05) is 51.2 Å². The molecule has 0 bridgehead atoms. The van der Waals surface area contributed by atoms with Crippen LogP contribution in [0, 0.1) is 11.7 Å². The van der Waals surface area contributed by atoms with Gasteiger partial charge in [0, 0.05) is 57.2 Å². The number of fused-ring (bicyclic) bond motifs is 1. The van der Waals surface area contributed by atoms with Crippen LogP contribution in [0.1, 0.15) is 39.3 Å². The van der Waals surface area contributed by atoms with Gasteiger partial charge in [0.25, 0.3) is 0 Å². The molecule has 0 unspecified atom stereocenters. The molecular weight excluding hydrogens is 473 g/mol. The first-order valence-electron chi connectivity index (χ1n) is 13.1. The Hall–Kier alpha value is -3.27. The van der Waals surface area contributed by atoms with Gasteiger partial charge in [0.2, 0.25) is 0 Å². The highest BCUT2D eigenvalue weighted by atomic mass is 19.1. The molecule has 0 radical (unpaired) electrons. The average Bonchev–Trinajstić information content (AvgIpc) is 3.26. The van der Waals surface area contributed by atoms with Gasteiger partial charge in [0.15, 0.2) is 5.82 Å². The van der Waals surface area contributed by atoms with Gasteiger partial charge >= 0.3 is 6.09 Å². The molecule has 2 aliphatic rings. The standard InChI is InChI=1S/C27H36FN7O2/c1-27(2,3)37-26(36)34-9-5-6-19(17-34)14-21-15-24(33-12-10-32(4)11-13-33)31-25(30-21)22-16-29-23-8-7-20(28)18-35(22)23/h7-8,15-16,18-19H,5-6,9-14,17H2,1-4H3/t19-/m0/s1. The van der Waals surface area contributed by atoms with Gasteiger partial charge < -0.3 is 19.4 Å². The number of pyridine rings is 1. The molecule has 1 atom stereocenters. The monoisotopic (exact) mass is 509 g/mol. The number of piperidine rings is 1. The number of hydrogen-bond acceptors (Lipinski definition) is 7. The van der Waals surface area contributed by atoms with Crippen molar-refractivity contribution in [2.45, 2.75) is 45.6 Å². The molecule has 0 aromatic carbocycles. The van der Waals surface area contributed by atoms with Crippen LogP contribution in [-0.4, -0.2) is 87.2 Å². The molecule has 5 heterocycles. The number of carbonyl (C=O) groups is 1. The maximum Gasteiger partial charge on any atom is 0.410 e. The van der Waals surface area contributed by atoms with Crippen molar-refractivity contribution in [2.24, 2.45) is 5.92 Å². The molecule has 2 fully saturated rings. The number of likely N-dealkylation sites (N-methyl/N-ethyl adjacent to an activating group) is 1. The van der Waals surface area contributed by atoms with E-state index < -0.39 is 5.60 Å². The summed E-state index contributed by atoms with van der Waals surface area (Å²) in [6.45, 7) is 10.7. The maximum atomic E-state index is 14.1. The maximum absolute atomic E-state index is 14.1. The molecular formula is C27H36FN7O2. The Morgan fingerprint density at radius 3 is 2.68 bits per heavy atom. The van der Waals surface area contributed by atoms with Crippen LogP contribution in [0.4, 0.5) is 15.0 Å². The van der Waals surface area contributed by atoms with Crippen LogP contribution >= 0.6 is 0 Å². The van der Waals surface area contributed by atoms with Crippen molar-refractivity contribution in [1.82, 2.24) is 29.2 Å². The second kappa shape index (κ2) is 10.2. The second-order valence-electron chi connectivity index (χ2n) is 11.2. The first-order chi connectivity index (χ1) is 17.6. The number of hydrogen-bond donors (Lipinski definition) is 0. The zero-order chi connectivity index (χ0) is 26.2. The van der Waals surface area contributed by atoms with Gasteiger partial charge in [-0.25, -0.2) is 24.1 Å². The Labute approximate surface area is 217 Å². The number of piperazine rings is 1. The highest BCUT2D eigenvalue weighted by Gasteiger charge is 2.28. The fourth-order valence-corrected chi connectivity index (χ4v) is 5.04. The number of carbonyl (C=O) groups excluding carboxylic acids is 1. The summed E-state index contributed by atoms with van der Waals surface area (Å²) in [6, 6.07) is 5.13. The Balaban J connectivity index is 1.43. The molecule has 9 nitrogen and oxygen atoms in total. The summed E-state index contributed by atoms with van der Waals surface area (Å²) in [4.78, 5) is 33.4. The van der Waals surface area contributed by atoms with E-state index in [1.807, 2.05) is 25.7 Å². The summed E-state index contributed by atoms with van der Waals surface area (Å²) >= 11 is 0. The van der Waals surface area contributed by atoms with E-state index in [1.54, 1.807) is 16.7 Å². The SMILES string of the molecule is CN1CCN(c2cc(C[C@@H]3CCCN(C(=O)OC(C)(C)C)C3)nc(-c3cnc4ccc(F)cn34)n2)CC1. The molecule has 37 heavy (non-hydrogen) atoms. The zero-order valence-corrected chi connectivity index (χ0v) is 22.2. The number of halogens is 1. The van der Waals surface area contributed by atoms with Crippen LogP contribution in [0.15, 0.2) is 30.6 Å². The Morgan fingerprint density at radius 1 is 1.14 bits per heavy atom. The molecule has 2 aliphatic heterocycles. The fraction of sp³-hybridized carbons (Fsp3) is 0.556. The number of rotatable bonds is 4. The van der Waals surface area contributed by atoms with E-state index >= 15 is 0 Å². The number of nitrogens with zero attached hydrogens (tertiary/aromatic N) is 7. The lowest BCUT2D eigenvalue weighted by molar-refractivity contribution is 0.0165. The van der Waals surface area contributed by atoms with Gasteiger partial charge in [-0.05, 0) is 65.1 Å². The number of imidazole rings is 1. The van der Waals surface area contributed by atoms with Crippen molar-refractivity contribution >= 4 is 17.6 Å². The van der Waals surface area contributed by atoms with Crippen LogP contribution in [0.2, 0.25) is 0 Å². The zero-order valence-electron chi connectivity index (χ0n) is 22.2. The van der Waals surface area contributed by atoms with Crippen molar-refractivity contribution in [3.05, 3.63) is 42.1 Å². The minimum atomic E-state index is -0.517.